The van der Waals surface area contributed by atoms with E-state index in [1.165, 1.54) is 40.4 Å². The first-order chi connectivity index (χ1) is 20.0. The molecule has 0 bridgehead atoms. The van der Waals surface area contributed by atoms with Crippen LogP contribution in [0.4, 0.5) is 8.78 Å². The topological polar surface area (TPSA) is 101 Å². The number of alkyl halides is 2. The van der Waals surface area contributed by atoms with Crippen molar-refractivity contribution in [3.05, 3.63) is 116 Å². The van der Waals surface area contributed by atoms with Gasteiger partial charge in [0.25, 0.3) is 5.56 Å². The lowest BCUT2D eigenvalue weighted by Crippen LogP contribution is -2.40. The van der Waals surface area contributed by atoms with E-state index in [4.69, 9.17) is 16.3 Å². The smallest absolute Gasteiger partial charge is 0.394 e. The number of imidazole rings is 1. The second kappa shape index (κ2) is 11.8. The molecule has 218 valence electrons. The molecule has 12 heteroatoms. The number of halogens is 3. The number of aliphatic hydroxyl groups excluding tert-OH is 1. The van der Waals surface area contributed by atoms with Crippen molar-refractivity contribution in [2.24, 2.45) is 7.05 Å². The Morgan fingerprint density at radius 2 is 1.67 bits per heavy atom. The van der Waals surface area contributed by atoms with Crippen molar-refractivity contribution in [2.75, 3.05) is 0 Å². The minimum atomic E-state index is -3.40. The lowest BCUT2D eigenvalue weighted by atomic mass is 10.1. The van der Waals surface area contributed by atoms with Crippen LogP contribution in [0.2, 0.25) is 5.02 Å². The van der Waals surface area contributed by atoms with E-state index in [0.29, 0.717) is 17.5 Å². The van der Waals surface area contributed by atoms with Gasteiger partial charge in [-0.2, -0.15) is 13.8 Å². The maximum atomic E-state index is 13.8. The zero-order valence-electron chi connectivity index (χ0n) is 22.7. The van der Waals surface area contributed by atoms with Crippen molar-refractivity contribution >= 4 is 22.8 Å². The monoisotopic (exact) mass is 596 g/mol. The fourth-order valence-electron chi connectivity index (χ4n) is 4.55. The molecule has 9 nitrogen and oxygen atoms in total. The Bertz CT molecular complexity index is 1830. The number of aliphatic hydroxyl groups is 1. The van der Waals surface area contributed by atoms with Crippen LogP contribution in [0.15, 0.2) is 88.5 Å². The van der Waals surface area contributed by atoms with E-state index in [1.807, 2.05) is 6.07 Å². The Hall–Kier alpha value is -4.48. The maximum Gasteiger partial charge on any atom is 0.394 e. The summed E-state index contributed by atoms with van der Waals surface area (Å²) in [5, 5.41) is 11.2. The van der Waals surface area contributed by atoms with Crippen LogP contribution in [0.3, 0.4) is 0 Å². The second-order valence-electron chi connectivity index (χ2n) is 9.78. The van der Waals surface area contributed by atoms with Crippen LogP contribution in [-0.4, -0.2) is 29.9 Å². The summed E-state index contributed by atoms with van der Waals surface area (Å²) in [5.41, 5.74) is 0.345. The summed E-state index contributed by atoms with van der Waals surface area (Å²) in [6.07, 6.45) is -4.17. The summed E-state index contributed by atoms with van der Waals surface area (Å²) >= 11 is 6.06. The van der Waals surface area contributed by atoms with E-state index in [9.17, 15) is 23.5 Å². The van der Waals surface area contributed by atoms with Gasteiger partial charge in [0, 0.05) is 31.6 Å². The van der Waals surface area contributed by atoms with Crippen molar-refractivity contribution in [1.82, 2.24) is 18.7 Å². The molecular weight excluding hydrogens is 570 g/mol. The van der Waals surface area contributed by atoms with Crippen molar-refractivity contribution in [2.45, 2.75) is 38.6 Å². The summed E-state index contributed by atoms with van der Waals surface area (Å²) in [6.45, 7) is 0.688. The van der Waals surface area contributed by atoms with Crippen LogP contribution in [0.1, 0.15) is 30.6 Å². The summed E-state index contributed by atoms with van der Waals surface area (Å²) in [4.78, 5) is 31.5. The van der Waals surface area contributed by atoms with E-state index in [-0.39, 0.29) is 48.2 Å². The number of aromatic nitrogens is 4. The van der Waals surface area contributed by atoms with Gasteiger partial charge in [-0.15, -0.1) is 0 Å². The van der Waals surface area contributed by atoms with Crippen molar-refractivity contribution in [1.29, 1.82) is 0 Å². The van der Waals surface area contributed by atoms with Crippen LogP contribution in [0, 0.1) is 0 Å². The maximum absolute atomic E-state index is 13.8. The van der Waals surface area contributed by atoms with E-state index in [2.05, 4.69) is 9.72 Å². The predicted octanol–water partition coefficient (Wildman–Crippen LogP) is 5.51. The summed E-state index contributed by atoms with van der Waals surface area (Å²) in [6, 6.07) is 21.5. The Morgan fingerprint density at radius 3 is 2.36 bits per heavy atom. The molecule has 2 aromatic heterocycles. The fourth-order valence-corrected chi connectivity index (χ4v) is 4.68. The van der Waals surface area contributed by atoms with E-state index < -0.39 is 23.5 Å². The Labute approximate surface area is 243 Å². The van der Waals surface area contributed by atoms with Gasteiger partial charge in [-0.05, 0) is 41.8 Å². The third-order valence-corrected chi connectivity index (χ3v) is 6.83. The first-order valence-corrected chi connectivity index (χ1v) is 13.4. The number of hydrogen-bond donors (Lipinski definition) is 1. The SMILES string of the molecule is Cn1c(=O)n(CCC(O)c2ccccc2)c(=O)c2c1nc(Oc1cccc(OC(C)(F)F)c1)n2Cc1ccc(Cl)cc1. The largest absolute Gasteiger partial charge is 0.433 e. The van der Waals surface area contributed by atoms with Gasteiger partial charge in [-0.1, -0.05) is 60.1 Å². The number of nitrogens with zero attached hydrogens (tertiary/aromatic N) is 4. The standard InChI is InChI=1S/C30H27ClF2N4O5/c1-30(32,33)42-23-10-6-9-22(17-23)41-28-34-26-25(37(28)18-19-11-13-21(31)14-12-19)27(39)36(29(40)35(26)2)16-15-24(38)20-7-4-3-5-8-20/h3-14,17,24,38H,15-16,18H2,1-2H3. The number of ether oxygens (including phenoxy) is 2. The molecule has 1 unspecified atom stereocenters. The molecule has 0 aliphatic rings. The number of benzene rings is 3. The van der Waals surface area contributed by atoms with Crippen LogP contribution in [0.25, 0.3) is 11.2 Å². The first-order valence-electron chi connectivity index (χ1n) is 13.0. The van der Waals surface area contributed by atoms with Gasteiger partial charge in [0.05, 0.1) is 12.6 Å². The molecule has 0 aliphatic heterocycles. The summed E-state index contributed by atoms with van der Waals surface area (Å²) in [5.74, 6) is -0.00665. The molecule has 1 N–H and O–H groups in total. The Morgan fingerprint density at radius 1 is 0.976 bits per heavy atom. The van der Waals surface area contributed by atoms with Crippen molar-refractivity contribution in [3.63, 3.8) is 0 Å². The minimum absolute atomic E-state index is 0.0467. The lowest BCUT2D eigenvalue weighted by molar-refractivity contribution is -0.159. The number of fused-ring (bicyclic) bond motifs is 1. The molecule has 2 heterocycles. The Balaban J connectivity index is 1.59. The number of rotatable bonds is 10. The molecule has 1 atom stereocenters. The van der Waals surface area contributed by atoms with Crippen molar-refractivity contribution < 1.29 is 23.4 Å². The zero-order valence-corrected chi connectivity index (χ0v) is 23.5. The molecule has 0 aliphatic carbocycles. The van der Waals surface area contributed by atoms with Crippen LogP contribution >= 0.6 is 11.6 Å². The van der Waals surface area contributed by atoms with Crippen LogP contribution < -0.4 is 20.7 Å². The molecule has 0 spiro atoms. The normalized spacial score (nSPS) is 12.4. The van der Waals surface area contributed by atoms with Gasteiger partial charge in [-0.25, -0.2) is 4.79 Å². The summed E-state index contributed by atoms with van der Waals surface area (Å²) < 4.78 is 41.3. The highest BCUT2D eigenvalue weighted by molar-refractivity contribution is 6.30. The zero-order chi connectivity index (χ0) is 30.0. The van der Waals surface area contributed by atoms with Gasteiger partial charge in [0.1, 0.15) is 11.5 Å². The number of hydrogen-bond acceptors (Lipinski definition) is 6. The quantitative estimate of drug-likeness (QED) is 0.228. The lowest BCUT2D eigenvalue weighted by Gasteiger charge is -2.15. The van der Waals surface area contributed by atoms with Gasteiger partial charge >= 0.3 is 17.8 Å². The molecule has 0 saturated heterocycles. The van der Waals surface area contributed by atoms with Gasteiger partial charge in [0.2, 0.25) is 0 Å². The average Bonchev–Trinajstić information content (AvgIpc) is 3.30. The average molecular weight is 597 g/mol. The fraction of sp³-hybridized carbons (Fsp3) is 0.233. The van der Waals surface area contributed by atoms with Crippen molar-refractivity contribution in [3.8, 4) is 17.5 Å². The first kappa shape index (κ1) is 29.0. The highest BCUT2D eigenvalue weighted by atomic mass is 35.5. The number of aryl methyl sites for hydroxylation is 1. The summed E-state index contributed by atoms with van der Waals surface area (Å²) in [7, 11) is 1.48. The molecule has 42 heavy (non-hydrogen) atoms. The highest BCUT2D eigenvalue weighted by Gasteiger charge is 2.25. The molecule has 0 radical (unpaired) electrons. The van der Waals surface area contributed by atoms with E-state index in [1.54, 1.807) is 48.5 Å². The van der Waals surface area contributed by atoms with E-state index in [0.717, 1.165) is 10.1 Å². The Kier molecular flexibility index (Phi) is 8.15. The van der Waals surface area contributed by atoms with Gasteiger partial charge < -0.3 is 14.6 Å². The molecule has 5 aromatic rings. The molecular formula is C30H27ClF2N4O5. The molecule has 5 rings (SSSR count). The van der Waals surface area contributed by atoms with E-state index >= 15 is 0 Å². The predicted molar refractivity (Wildman–Crippen MR) is 154 cm³/mol. The second-order valence-corrected chi connectivity index (χ2v) is 10.2. The molecule has 0 amide bonds. The molecule has 3 aromatic carbocycles. The third-order valence-electron chi connectivity index (χ3n) is 6.57. The molecule has 0 fully saturated rings. The molecule has 0 saturated carbocycles. The third kappa shape index (κ3) is 6.37. The van der Waals surface area contributed by atoms with Gasteiger partial charge in [0.15, 0.2) is 11.2 Å². The van der Waals surface area contributed by atoms with Crippen LogP contribution in [0.5, 0.6) is 17.5 Å². The highest BCUT2D eigenvalue weighted by Crippen LogP contribution is 2.30. The van der Waals surface area contributed by atoms with Crippen LogP contribution in [-0.2, 0) is 20.1 Å². The van der Waals surface area contributed by atoms with Gasteiger partial charge in [-0.3, -0.25) is 18.5 Å². The minimum Gasteiger partial charge on any atom is -0.433 e.